The van der Waals surface area contributed by atoms with Crippen molar-refractivity contribution in [1.29, 1.82) is 0 Å². The van der Waals surface area contributed by atoms with Gasteiger partial charge in [-0.25, -0.2) is 15.8 Å². The van der Waals surface area contributed by atoms with Gasteiger partial charge in [0.1, 0.15) is 17.5 Å². The molecule has 1 aliphatic heterocycles. The third-order valence-electron chi connectivity index (χ3n) is 4.48. The zero-order valence-corrected chi connectivity index (χ0v) is 12.6. The monoisotopic (exact) mass is 276 g/mol. The van der Waals surface area contributed by atoms with Gasteiger partial charge >= 0.3 is 0 Å². The van der Waals surface area contributed by atoms with Crippen LogP contribution in [0.25, 0.3) is 0 Å². The van der Waals surface area contributed by atoms with Crippen molar-refractivity contribution in [3.8, 4) is 0 Å². The van der Waals surface area contributed by atoms with Crippen LogP contribution in [0.1, 0.15) is 37.1 Å². The molecular weight excluding hydrogens is 252 g/mol. The van der Waals surface area contributed by atoms with Crippen LogP contribution in [0, 0.1) is 6.92 Å². The highest BCUT2D eigenvalue weighted by atomic mass is 15.3. The summed E-state index contributed by atoms with van der Waals surface area (Å²) in [5.74, 6) is 8.92. The van der Waals surface area contributed by atoms with Crippen molar-refractivity contribution in [1.82, 2.24) is 14.9 Å². The Morgan fingerprint density at radius 1 is 1.25 bits per heavy atom. The van der Waals surface area contributed by atoms with Crippen LogP contribution in [0.15, 0.2) is 0 Å². The molecule has 0 amide bonds. The topological polar surface area (TPSA) is 70.3 Å². The molecule has 2 fully saturated rings. The standard InChI is InChI=1S/C14H24N6/c1-9-8-20(7-6-19(9)3)14-10(2)12(18-15)16-13(17-14)11-4-5-11/h9,11H,4-8,15H2,1-3H3,(H,16,17,18). The number of nitrogens with zero attached hydrogens (tertiary/aromatic N) is 4. The van der Waals surface area contributed by atoms with Gasteiger partial charge in [-0.05, 0) is 33.7 Å². The molecule has 1 saturated carbocycles. The average Bonchev–Trinajstić information content (AvgIpc) is 3.27. The number of hydrogen-bond donors (Lipinski definition) is 2. The summed E-state index contributed by atoms with van der Waals surface area (Å²) < 4.78 is 0. The van der Waals surface area contributed by atoms with Crippen molar-refractivity contribution in [2.75, 3.05) is 37.0 Å². The Morgan fingerprint density at radius 2 is 2.00 bits per heavy atom. The van der Waals surface area contributed by atoms with Gasteiger partial charge in [0.15, 0.2) is 0 Å². The minimum Gasteiger partial charge on any atom is -0.353 e. The van der Waals surface area contributed by atoms with Gasteiger partial charge in [0.05, 0.1) is 0 Å². The Hall–Kier alpha value is -1.40. The summed E-state index contributed by atoms with van der Waals surface area (Å²) >= 11 is 0. The fourth-order valence-corrected chi connectivity index (χ4v) is 2.73. The molecule has 0 radical (unpaired) electrons. The predicted molar refractivity (Wildman–Crippen MR) is 80.9 cm³/mol. The van der Waals surface area contributed by atoms with E-state index in [2.05, 4.69) is 34.2 Å². The van der Waals surface area contributed by atoms with Gasteiger partial charge in [0.25, 0.3) is 0 Å². The van der Waals surface area contributed by atoms with E-state index in [1.807, 2.05) is 6.92 Å². The summed E-state index contributed by atoms with van der Waals surface area (Å²) in [5.41, 5.74) is 3.78. The quantitative estimate of drug-likeness (QED) is 0.636. The first kappa shape index (κ1) is 13.6. The Balaban J connectivity index is 1.93. The molecule has 0 bridgehead atoms. The molecule has 6 heteroatoms. The van der Waals surface area contributed by atoms with E-state index >= 15 is 0 Å². The second-order valence-electron chi connectivity index (χ2n) is 6.07. The van der Waals surface area contributed by atoms with E-state index in [1.165, 1.54) is 12.8 Å². The first-order valence-corrected chi connectivity index (χ1v) is 7.40. The Labute approximate surface area is 120 Å². The average molecular weight is 276 g/mol. The smallest absolute Gasteiger partial charge is 0.148 e. The second-order valence-corrected chi connectivity index (χ2v) is 6.07. The number of nitrogens with one attached hydrogen (secondary N) is 1. The minimum absolute atomic E-state index is 0.534. The van der Waals surface area contributed by atoms with Gasteiger partial charge in [-0.15, -0.1) is 0 Å². The summed E-state index contributed by atoms with van der Waals surface area (Å²) in [6.45, 7) is 7.38. The van der Waals surface area contributed by atoms with Crippen LogP contribution in [0.2, 0.25) is 0 Å². The summed E-state index contributed by atoms with van der Waals surface area (Å²) in [6.07, 6.45) is 2.40. The number of nitrogens with two attached hydrogens (primary N) is 1. The van der Waals surface area contributed by atoms with Crippen molar-refractivity contribution in [3.05, 3.63) is 11.4 Å². The lowest BCUT2D eigenvalue weighted by Gasteiger charge is -2.39. The first-order chi connectivity index (χ1) is 9.60. The highest BCUT2D eigenvalue weighted by Crippen LogP contribution is 2.40. The van der Waals surface area contributed by atoms with Crippen molar-refractivity contribution < 1.29 is 0 Å². The Kier molecular flexibility index (Phi) is 3.52. The maximum Gasteiger partial charge on any atom is 0.148 e. The van der Waals surface area contributed by atoms with Crippen LogP contribution in [0.3, 0.4) is 0 Å². The van der Waals surface area contributed by atoms with E-state index in [0.29, 0.717) is 12.0 Å². The van der Waals surface area contributed by atoms with E-state index in [0.717, 1.165) is 42.7 Å². The van der Waals surface area contributed by atoms with Gasteiger partial charge in [-0.1, -0.05) is 0 Å². The van der Waals surface area contributed by atoms with Crippen LogP contribution in [-0.2, 0) is 0 Å². The maximum absolute atomic E-state index is 5.62. The van der Waals surface area contributed by atoms with Gasteiger partial charge < -0.3 is 15.2 Å². The molecule has 1 unspecified atom stereocenters. The molecule has 3 N–H and O–H groups in total. The molecule has 1 saturated heterocycles. The van der Waals surface area contributed by atoms with Crippen LogP contribution >= 0.6 is 0 Å². The first-order valence-electron chi connectivity index (χ1n) is 7.40. The lowest BCUT2D eigenvalue weighted by Crippen LogP contribution is -2.50. The molecule has 2 heterocycles. The molecule has 3 rings (SSSR count). The summed E-state index contributed by atoms with van der Waals surface area (Å²) in [7, 11) is 2.18. The Bertz CT molecular complexity index is 499. The molecule has 1 aliphatic carbocycles. The third kappa shape index (κ3) is 2.45. The van der Waals surface area contributed by atoms with Crippen molar-refractivity contribution in [2.24, 2.45) is 5.84 Å². The number of hydrogen-bond acceptors (Lipinski definition) is 6. The highest BCUT2D eigenvalue weighted by Gasteiger charge is 2.30. The maximum atomic E-state index is 5.62. The fraction of sp³-hybridized carbons (Fsp3) is 0.714. The summed E-state index contributed by atoms with van der Waals surface area (Å²) in [5, 5.41) is 0. The molecule has 110 valence electrons. The third-order valence-corrected chi connectivity index (χ3v) is 4.48. The summed E-state index contributed by atoms with van der Waals surface area (Å²) in [6, 6.07) is 0.539. The molecule has 1 aromatic heterocycles. The SMILES string of the molecule is Cc1c(NN)nc(C2CC2)nc1N1CCN(C)C(C)C1. The van der Waals surface area contributed by atoms with Crippen LogP contribution in [0.5, 0.6) is 0 Å². The normalized spacial score (nSPS) is 24.0. The van der Waals surface area contributed by atoms with Crippen LogP contribution in [-0.4, -0.2) is 47.6 Å². The number of hydrazine groups is 1. The lowest BCUT2D eigenvalue weighted by atomic mass is 10.2. The molecule has 20 heavy (non-hydrogen) atoms. The number of nitrogen functional groups attached to an aromatic ring is 1. The predicted octanol–water partition coefficient (Wildman–Crippen LogP) is 1.09. The van der Waals surface area contributed by atoms with E-state index in [4.69, 9.17) is 10.8 Å². The summed E-state index contributed by atoms with van der Waals surface area (Å²) in [4.78, 5) is 14.1. The zero-order chi connectivity index (χ0) is 14.3. The number of anilines is 2. The molecule has 1 aromatic rings. The lowest BCUT2D eigenvalue weighted by molar-refractivity contribution is 0.233. The van der Waals surface area contributed by atoms with Crippen LogP contribution < -0.4 is 16.2 Å². The molecule has 0 aromatic carbocycles. The second kappa shape index (κ2) is 5.18. The number of likely N-dealkylation sites (N-methyl/N-ethyl adjacent to an activating group) is 1. The molecule has 2 aliphatic rings. The van der Waals surface area contributed by atoms with Gasteiger partial charge in [0.2, 0.25) is 0 Å². The molecule has 6 nitrogen and oxygen atoms in total. The van der Waals surface area contributed by atoms with E-state index < -0.39 is 0 Å². The van der Waals surface area contributed by atoms with Crippen LogP contribution in [0.4, 0.5) is 11.6 Å². The molecule has 1 atom stereocenters. The van der Waals surface area contributed by atoms with E-state index in [-0.39, 0.29) is 0 Å². The largest absolute Gasteiger partial charge is 0.353 e. The van der Waals surface area contributed by atoms with E-state index in [1.54, 1.807) is 0 Å². The Morgan fingerprint density at radius 3 is 2.60 bits per heavy atom. The van der Waals surface area contributed by atoms with Crippen molar-refractivity contribution >= 4 is 11.6 Å². The van der Waals surface area contributed by atoms with E-state index in [9.17, 15) is 0 Å². The molecule has 0 spiro atoms. The van der Waals surface area contributed by atoms with Gasteiger partial charge in [-0.3, -0.25) is 0 Å². The highest BCUT2D eigenvalue weighted by molar-refractivity contribution is 5.59. The van der Waals surface area contributed by atoms with Crippen molar-refractivity contribution in [2.45, 2.75) is 38.6 Å². The van der Waals surface area contributed by atoms with Gasteiger partial charge in [-0.2, -0.15) is 0 Å². The fourth-order valence-electron chi connectivity index (χ4n) is 2.73. The van der Waals surface area contributed by atoms with Gasteiger partial charge in [0, 0.05) is 37.2 Å². The number of rotatable bonds is 3. The zero-order valence-electron chi connectivity index (χ0n) is 12.6. The number of aromatic nitrogens is 2. The molecular formula is C14H24N6. The minimum atomic E-state index is 0.534. The number of piperazine rings is 1. The van der Waals surface area contributed by atoms with Crippen molar-refractivity contribution in [3.63, 3.8) is 0 Å².